The van der Waals surface area contributed by atoms with Gasteiger partial charge in [0, 0.05) is 48.7 Å². The van der Waals surface area contributed by atoms with Crippen LogP contribution in [0.2, 0.25) is 0 Å². The molecule has 1 aliphatic carbocycles. The summed E-state index contributed by atoms with van der Waals surface area (Å²) in [5.41, 5.74) is 4.51. The van der Waals surface area contributed by atoms with Crippen molar-refractivity contribution in [2.24, 2.45) is 4.99 Å². The Hall–Kier alpha value is -1.72. The molecular formula is C27H47N4S+. The van der Waals surface area contributed by atoms with Crippen molar-refractivity contribution in [1.82, 2.24) is 10.2 Å². The molecular weight excluding hydrogens is 412 g/mol. The summed E-state index contributed by atoms with van der Waals surface area (Å²) in [5.74, 6) is 0. The molecule has 180 valence electrons. The summed E-state index contributed by atoms with van der Waals surface area (Å²) in [6.45, 7) is 20.6. The first-order valence-electron chi connectivity index (χ1n) is 12.6. The molecule has 0 aliphatic heterocycles. The van der Waals surface area contributed by atoms with Crippen molar-refractivity contribution in [3.8, 4) is 0 Å². The fourth-order valence-corrected chi connectivity index (χ4v) is 4.09. The maximum Gasteiger partial charge on any atom is 0.178 e. The number of anilines is 1. The third-order valence-electron chi connectivity index (χ3n) is 5.78. The van der Waals surface area contributed by atoms with Crippen molar-refractivity contribution in [1.29, 1.82) is 0 Å². The minimum atomic E-state index is 0.483. The Balaban J connectivity index is 0.00000249. The van der Waals surface area contributed by atoms with E-state index in [2.05, 4.69) is 98.8 Å². The van der Waals surface area contributed by atoms with Crippen molar-refractivity contribution in [3.05, 3.63) is 42.1 Å². The average molecular weight is 460 g/mol. The molecule has 1 aromatic rings. The highest BCUT2D eigenvalue weighted by atomic mass is 32.1. The number of nitrogens with zero attached hydrogens (tertiary/aromatic N) is 3. The lowest BCUT2D eigenvalue weighted by Crippen LogP contribution is -2.28. The molecule has 1 aliphatic rings. The number of hydrogen-bond acceptors (Lipinski definition) is 4. The van der Waals surface area contributed by atoms with Gasteiger partial charge in [0.2, 0.25) is 0 Å². The average Bonchev–Trinajstić information content (AvgIpc) is 2.82. The minimum Gasteiger partial charge on any atom is -0.383 e. The van der Waals surface area contributed by atoms with E-state index in [0.29, 0.717) is 6.04 Å². The van der Waals surface area contributed by atoms with Crippen LogP contribution in [0, 0.1) is 0 Å². The number of nitrogens with one attached hydrogen (secondary N) is 1. The van der Waals surface area contributed by atoms with Crippen LogP contribution in [0.1, 0.15) is 67.7 Å². The van der Waals surface area contributed by atoms with E-state index >= 15 is 0 Å². The van der Waals surface area contributed by atoms with Gasteiger partial charge in [-0.2, -0.15) is 0 Å². The maximum absolute atomic E-state index is 4.86. The van der Waals surface area contributed by atoms with Gasteiger partial charge in [-0.1, -0.05) is 33.8 Å². The molecule has 4 nitrogen and oxygen atoms in total. The van der Waals surface area contributed by atoms with Crippen molar-refractivity contribution in [2.45, 2.75) is 78.7 Å². The van der Waals surface area contributed by atoms with Crippen molar-refractivity contribution in [2.75, 3.05) is 37.6 Å². The molecule has 0 fully saturated rings. The molecule has 5 heteroatoms. The summed E-state index contributed by atoms with van der Waals surface area (Å²) >= 11 is 3.76. The first-order chi connectivity index (χ1) is 15.5. The predicted molar refractivity (Wildman–Crippen MR) is 148 cm³/mol. The van der Waals surface area contributed by atoms with E-state index in [4.69, 9.17) is 4.99 Å². The van der Waals surface area contributed by atoms with Crippen LogP contribution in [-0.2, 0) is 12.6 Å². The molecule has 0 saturated carbocycles. The summed E-state index contributed by atoms with van der Waals surface area (Å²) in [5, 5.41) is 3.64. The number of hydrogen-bond donors (Lipinski definition) is 1. The zero-order valence-electron chi connectivity index (χ0n) is 21.5. The SMILES string of the molecule is CC.CCN(CC)CCCC(C)NC1=CCC(=Nc2ccc(N(CC)CC)cc2[SH2+])C=C1. The van der Waals surface area contributed by atoms with Crippen LogP contribution in [0.5, 0.6) is 0 Å². The molecule has 0 saturated heterocycles. The third-order valence-corrected chi connectivity index (χ3v) is 6.18. The van der Waals surface area contributed by atoms with Crippen LogP contribution in [0.15, 0.2) is 52.0 Å². The molecule has 32 heavy (non-hydrogen) atoms. The van der Waals surface area contributed by atoms with Gasteiger partial charge in [0.1, 0.15) is 5.69 Å². The van der Waals surface area contributed by atoms with Gasteiger partial charge in [-0.3, -0.25) is 0 Å². The minimum absolute atomic E-state index is 0.483. The van der Waals surface area contributed by atoms with Crippen molar-refractivity contribution in [3.63, 3.8) is 0 Å². The zero-order valence-corrected chi connectivity index (χ0v) is 22.5. The topological polar surface area (TPSA) is 30.9 Å². The Morgan fingerprint density at radius 2 is 1.72 bits per heavy atom. The Morgan fingerprint density at radius 3 is 2.25 bits per heavy atom. The highest BCUT2D eigenvalue weighted by molar-refractivity contribution is 7.59. The number of allylic oxidation sites excluding steroid dienone is 3. The van der Waals surface area contributed by atoms with Gasteiger partial charge in [-0.05, 0) is 90.2 Å². The molecule has 0 heterocycles. The Bertz CT molecular complexity index is 746. The Kier molecular flexibility index (Phi) is 14.1. The predicted octanol–water partition coefficient (Wildman–Crippen LogP) is 5.95. The second-order valence-corrected chi connectivity index (χ2v) is 8.43. The van der Waals surface area contributed by atoms with Crippen LogP contribution >= 0.6 is 0 Å². The van der Waals surface area contributed by atoms with E-state index in [1.165, 1.54) is 30.8 Å². The molecule has 1 unspecified atom stereocenters. The summed E-state index contributed by atoms with van der Waals surface area (Å²) < 4.78 is 0. The van der Waals surface area contributed by atoms with Crippen LogP contribution in [0.4, 0.5) is 11.4 Å². The van der Waals surface area contributed by atoms with E-state index < -0.39 is 0 Å². The molecule has 1 aromatic carbocycles. The van der Waals surface area contributed by atoms with Crippen molar-refractivity contribution < 1.29 is 0 Å². The lowest BCUT2D eigenvalue weighted by atomic mass is 10.1. The van der Waals surface area contributed by atoms with Crippen molar-refractivity contribution >= 4 is 29.7 Å². The number of aliphatic imine (C=N–C) groups is 1. The molecule has 0 bridgehead atoms. The van der Waals surface area contributed by atoms with Gasteiger partial charge in [-0.25, -0.2) is 4.99 Å². The summed E-state index contributed by atoms with van der Waals surface area (Å²) in [4.78, 5) is 10.7. The zero-order chi connectivity index (χ0) is 23.9. The van der Waals surface area contributed by atoms with Gasteiger partial charge in [0.05, 0.1) is 0 Å². The van der Waals surface area contributed by atoms with E-state index in [-0.39, 0.29) is 0 Å². The highest BCUT2D eigenvalue weighted by Crippen LogP contribution is 2.26. The molecule has 0 amide bonds. The summed E-state index contributed by atoms with van der Waals surface area (Å²) in [6, 6.07) is 6.91. The third kappa shape index (κ3) is 9.41. The van der Waals surface area contributed by atoms with E-state index in [0.717, 1.165) is 48.9 Å². The van der Waals surface area contributed by atoms with Crippen LogP contribution < -0.4 is 10.2 Å². The molecule has 0 radical (unpaired) electrons. The van der Waals surface area contributed by atoms with Crippen LogP contribution in [0.25, 0.3) is 0 Å². The fraction of sp³-hybridized carbons (Fsp3) is 0.593. The second-order valence-electron chi connectivity index (χ2n) is 7.89. The normalized spacial score (nSPS) is 15.3. The Labute approximate surface area is 203 Å². The van der Waals surface area contributed by atoms with Gasteiger partial charge in [0.25, 0.3) is 0 Å². The first kappa shape index (κ1) is 28.3. The van der Waals surface area contributed by atoms with E-state index in [1.54, 1.807) is 0 Å². The highest BCUT2D eigenvalue weighted by Gasteiger charge is 2.11. The van der Waals surface area contributed by atoms with Gasteiger partial charge in [0.15, 0.2) is 4.90 Å². The quantitative estimate of drug-likeness (QED) is 0.392. The molecule has 2 rings (SSSR count). The lowest BCUT2D eigenvalue weighted by molar-refractivity contribution is 0.292. The molecule has 1 N–H and O–H groups in total. The fourth-order valence-electron chi connectivity index (χ4n) is 3.81. The molecule has 1 atom stereocenters. The van der Waals surface area contributed by atoms with Gasteiger partial charge >= 0.3 is 0 Å². The second kappa shape index (κ2) is 16.0. The van der Waals surface area contributed by atoms with Gasteiger partial charge in [-0.15, -0.1) is 0 Å². The molecule has 0 spiro atoms. The number of rotatable bonds is 12. The monoisotopic (exact) mass is 459 g/mol. The standard InChI is InChI=1S/C25H40N4S.C2H6/c1-6-28(7-2)18-10-11-20(5)26-21-12-14-22(15-13-21)27-24-17-16-23(19-25(24)30)29(8-3)9-4;1-2/h12-14,16-17,19-20,26,30H,6-11,15,18H2,1-5H3;1-2H3/p+1. The maximum atomic E-state index is 4.86. The lowest BCUT2D eigenvalue weighted by Gasteiger charge is -2.21. The van der Waals surface area contributed by atoms with E-state index in [1.807, 2.05) is 13.8 Å². The van der Waals surface area contributed by atoms with Crippen LogP contribution in [0.3, 0.4) is 0 Å². The van der Waals surface area contributed by atoms with Crippen LogP contribution in [-0.4, -0.2) is 49.4 Å². The Morgan fingerprint density at radius 1 is 1.03 bits per heavy atom. The van der Waals surface area contributed by atoms with Gasteiger partial charge < -0.3 is 15.1 Å². The number of benzene rings is 1. The smallest absolute Gasteiger partial charge is 0.178 e. The first-order valence-corrected chi connectivity index (χ1v) is 13.1. The largest absolute Gasteiger partial charge is 0.383 e. The molecule has 0 aromatic heterocycles. The summed E-state index contributed by atoms with van der Waals surface area (Å²) in [7, 11) is 0. The summed E-state index contributed by atoms with van der Waals surface area (Å²) in [6.07, 6.45) is 9.81. The van der Waals surface area contributed by atoms with E-state index in [9.17, 15) is 0 Å².